The van der Waals surface area contributed by atoms with E-state index in [-0.39, 0.29) is 49.2 Å². The molecule has 1 fully saturated rings. The summed E-state index contributed by atoms with van der Waals surface area (Å²) in [6, 6.07) is 0. The number of amides is 1. The van der Waals surface area contributed by atoms with Crippen LogP contribution in [-0.2, 0) is 4.74 Å². The van der Waals surface area contributed by atoms with Gasteiger partial charge in [-0.2, -0.15) is 0 Å². The van der Waals surface area contributed by atoms with Crippen LogP contribution in [0.15, 0.2) is 6.33 Å². The van der Waals surface area contributed by atoms with Gasteiger partial charge in [0.1, 0.15) is 24.6 Å². The van der Waals surface area contributed by atoms with Crippen molar-refractivity contribution in [3.05, 3.63) is 12.2 Å². The average molecular weight is 305 g/mol. The van der Waals surface area contributed by atoms with E-state index in [0.29, 0.717) is 0 Å². The SMILES string of the molecule is NC(=O)c1ncn([C@@H]2O[C@H](CO)[C@@H](O)[C@H]2O)n1.[Cl-].[H+].[NaH]. The standard InChI is InChI=1S/C8H12N4O5.ClH.Na.H/c9-6(16)7-10-2-12(11-7)8-5(15)4(14)3(1-13)17-8;;;/h2-5,8,13-15H,1H2,(H2,9,16);1H;;/t3-,4-,5-,8-;;;/m1.../s1. The summed E-state index contributed by atoms with van der Waals surface area (Å²) in [4.78, 5) is 14.4. The van der Waals surface area contributed by atoms with Crippen molar-refractivity contribution in [3.8, 4) is 0 Å². The number of nitrogens with two attached hydrogens (primary N) is 1. The van der Waals surface area contributed by atoms with E-state index in [1.165, 1.54) is 0 Å². The predicted molar refractivity (Wildman–Crippen MR) is 59.8 cm³/mol. The molecule has 0 bridgehead atoms. The van der Waals surface area contributed by atoms with Gasteiger partial charge in [-0.25, -0.2) is 9.67 Å². The van der Waals surface area contributed by atoms with Crippen LogP contribution in [0.4, 0.5) is 0 Å². The molecular weight excluding hydrogens is 291 g/mol. The Morgan fingerprint density at radius 1 is 1.53 bits per heavy atom. The summed E-state index contributed by atoms with van der Waals surface area (Å²) in [5.41, 5.74) is 4.97. The molecule has 1 aliphatic rings. The number of ether oxygens (including phenoxy) is 1. The third-order valence-electron chi connectivity index (χ3n) is 2.51. The van der Waals surface area contributed by atoms with E-state index in [9.17, 15) is 15.0 Å². The van der Waals surface area contributed by atoms with E-state index in [2.05, 4.69) is 10.1 Å². The van der Waals surface area contributed by atoms with Gasteiger partial charge in [0.2, 0.25) is 5.82 Å². The first-order valence-electron chi connectivity index (χ1n) is 4.88. The molecule has 1 amide bonds. The van der Waals surface area contributed by atoms with Crippen molar-refractivity contribution < 1.29 is 38.7 Å². The molecule has 1 aromatic heterocycles. The van der Waals surface area contributed by atoms with E-state index in [1.807, 2.05) is 0 Å². The number of rotatable bonds is 3. The van der Waals surface area contributed by atoms with Gasteiger partial charge in [-0.3, -0.25) is 4.79 Å². The van der Waals surface area contributed by atoms with Gasteiger partial charge in [0.15, 0.2) is 6.23 Å². The Labute approximate surface area is 137 Å². The minimum absolute atomic E-state index is 0. The maximum atomic E-state index is 10.8. The van der Waals surface area contributed by atoms with Crippen LogP contribution in [0.1, 0.15) is 18.3 Å². The number of aliphatic hydroxyl groups excluding tert-OH is 3. The number of halogens is 1. The third kappa shape index (κ3) is 3.64. The molecule has 11 heteroatoms. The van der Waals surface area contributed by atoms with Crippen molar-refractivity contribution in [2.75, 3.05) is 6.61 Å². The fourth-order valence-corrected chi connectivity index (χ4v) is 1.61. The topological polar surface area (TPSA) is 144 Å². The molecule has 0 unspecified atom stereocenters. The van der Waals surface area contributed by atoms with Crippen LogP contribution in [0.2, 0.25) is 0 Å². The van der Waals surface area contributed by atoms with Gasteiger partial charge in [0.05, 0.1) is 6.61 Å². The Hall–Kier alpha value is -0.260. The van der Waals surface area contributed by atoms with E-state index >= 15 is 0 Å². The molecule has 5 N–H and O–H groups in total. The first-order valence-corrected chi connectivity index (χ1v) is 4.88. The normalized spacial score (nSPS) is 29.4. The van der Waals surface area contributed by atoms with Gasteiger partial charge < -0.3 is 38.2 Å². The maximum absolute atomic E-state index is 10.8. The zero-order valence-corrected chi connectivity index (χ0v) is 9.80. The van der Waals surface area contributed by atoms with E-state index in [0.717, 1.165) is 11.0 Å². The molecule has 0 radical (unpaired) electrons. The number of carbonyl (C=O) groups is 1. The molecule has 104 valence electrons. The zero-order valence-electron chi connectivity index (χ0n) is 10.0. The Morgan fingerprint density at radius 3 is 2.58 bits per heavy atom. The van der Waals surface area contributed by atoms with Crippen LogP contribution in [0, 0.1) is 0 Å². The number of hydrogen-bond acceptors (Lipinski definition) is 7. The Morgan fingerprint density at radius 2 is 2.16 bits per heavy atom. The third-order valence-corrected chi connectivity index (χ3v) is 2.51. The summed E-state index contributed by atoms with van der Waals surface area (Å²) < 4.78 is 6.25. The molecular formula is C8H14ClN4NaO5. The van der Waals surface area contributed by atoms with Crippen LogP contribution < -0.4 is 18.1 Å². The Kier molecular flexibility index (Phi) is 7.40. The summed E-state index contributed by atoms with van der Waals surface area (Å²) in [6.07, 6.45) is -3.26. The average Bonchev–Trinajstić information content (AvgIpc) is 2.87. The predicted octanol–water partition coefficient (Wildman–Crippen LogP) is -6.54. The number of nitrogens with zero attached hydrogens (tertiary/aromatic N) is 3. The molecule has 9 nitrogen and oxygen atoms in total. The van der Waals surface area contributed by atoms with Crippen LogP contribution in [0.5, 0.6) is 0 Å². The second-order valence-electron chi connectivity index (χ2n) is 3.64. The first-order chi connectivity index (χ1) is 8.04. The zero-order chi connectivity index (χ0) is 12.6. The van der Waals surface area contributed by atoms with Gasteiger partial charge in [-0.05, 0) is 0 Å². The molecule has 2 heterocycles. The number of hydrogen-bond donors (Lipinski definition) is 4. The first kappa shape index (κ1) is 18.7. The van der Waals surface area contributed by atoms with E-state index < -0.39 is 37.1 Å². The second-order valence-corrected chi connectivity index (χ2v) is 3.64. The molecule has 2 rings (SSSR count). The molecule has 19 heavy (non-hydrogen) atoms. The van der Waals surface area contributed by atoms with Crippen molar-refractivity contribution >= 4 is 35.5 Å². The quantitative estimate of drug-likeness (QED) is 0.406. The summed E-state index contributed by atoms with van der Waals surface area (Å²) in [7, 11) is 0. The molecule has 1 aliphatic heterocycles. The van der Waals surface area contributed by atoms with Gasteiger partial charge in [-0.1, -0.05) is 0 Å². The summed E-state index contributed by atoms with van der Waals surface area (Å²) in [6.45, 7) is -0.438. The van der Waals surface area contributed by atoms with Crippen molar-refractivity contribution in [1.82, 2.24) is 14.8 Å². The van der Waals surface area contributed by atoms with E-state index in [1.54, 1.807) is 0 Å². The minimum atomic E-state index is -1.27. The number of aliphatic hydroxyl groups is 3. The number of primary amides is 1. The van der Waals surface area contributed by atoms with Gasteiger partial charge in [-0.15, -0.1) is 5.10 Å². The number of carbonyl (C=O) groups excluding carboxylic acids is 1. The van der Waals surface area contributed by atoms with Gasteiger partial charge in [0.25, 0.3) is 5.91 Å². The van der Waals surface area contributed by atoms with Crippen molar-refractivity contribution in [2.24, 2.45) is 5.73 Å². The summed E-state index contributed by atoms with van der Waals surface area (Å²) in [5, 5.41) is 31.8. The molecule has 0 aromatic carbocycles. The molecule has 0 spiro atoms. The molecule has 0 aliphatic carbocycles. The van der Waals surface area contributed by atoms with Crippen molar-refractivity contribution in [2.45, 2.75) is 24.5 Å². The molecule has 1 aromatic rings. The summed E-state index contributed by atoms with van der Waals surface area (Å²) in [5.74, 6) is -1.03. The molecule has 4 atom stereocenters. The van der Waals surface area contributed by atoms with Crippen LogP contribution in [-0.4, -0.2) is 90.5 Å². The number of aromatic nitrogens is 3. The van der Waals surface area contributed by atoms with Crippen LogP contribution in [0.3, 0.4) is 0 Å². The van der Waals surface area contributed by atoms with E-state index in [4.69, 9.17) is 15.6 Å². The Balaban J connectivity index is 0. The summed E-state index contributed by atoms with van der Waals surface area (Å²) >= 11 is 0. The Bertz CT molecular complexity index is 439. The fraction of sp³-hybridized carbons (Fsp3) is 0.625. The van der Waals surface area contributed by atoms with Crippen LogP contribution >= 0.6 is 0 Å². The van der Waals surface area contributed by atoms with Gasteiger partial charge >= 0.3 is 31.0 Å². The second kappa shape index (κ2) is 7.50. The molecule has 1 saturated heterocycles. The van der Waals surface area contributed by atoms with Crippen molar-refractivity contribution in [3.63, 3.8) is 0 Å². The molecule has 0 saturated carbocycles. The van der Waals surface area contributed by atoms with Gasteiger partial charge in [0, 0.05) is 0 Å². The fourth-order valence-electron chi connectivity index (χ4n) is 1.61. The van der Waals surface area contributed by atoms with Crippen molar-refractivity contribution in [1.29, 1.82) is 0 Å². The van der Waals surface area contributed by atoms with Crippen LogP contribution in [0.25, 0.3) is 0 Å². The monoisotopic (exact) mass is 304 g/mol.